The third-order valence-corrected chi connectivity index (χ3v) is 13.8. The van der Waals surface area contributed by atoms with Gasteiger partial charge in [-0.1, -0.05) is 121 Å². The summed E-state index contributed by atoms with van der Waals surface area (Å²) < 4.78 is 9.24. The second kappa shape index (κ2) is 14.3. The van der Waals surface area contributed by atoms with Crippen molar-refractivity contribution in [3.8, 4) is 40.2 Å². The first kappa shape index (κ1) is 38.0. The molecule has 9 aromatic carbocycles. The molecule has 0 N–H and O–H groups in total. The van der Waals surface area contributed by atoms with Crippen LogP contribution < -0.4 is 0 Å². The Bertz CT molecular complexity index is 4370. The largest absolute Gasteiger partial charge is 0.309 e. The molecule has 5 heterocycles. The lowest BCUT2D eigenvalue weighted by molar-refractivity contribution is 0.926. The molecule has 0 aliphatic rings. The van der Waals surface area contributed by atoms with Crippen molar-refractivity contribution in [3.05, 3.63) is 211 Å². The van der Waals surface area contributed by atoms with Gasteiger partial charge >= 0.3 is 0 Å². The molecule has 318 valence electrons. The molecule has 0 saturated carbocycles. The Morgan fingerprint density at radius 2 is 0.676 bits per heavy atom. The van der Waals surface area contributed by atoms with Gasteiger partial charge in [0.05, 0.1) is 61.1 Å². The lowest BCUT2D eigenvalue weighted by Crippen LogP contribution is -2.07. The fourth-order valence-electron chi connectivity index (χ4n) is 11.1. The Balaban J connectivity index is 1.07. The highest BCUT2D eigenvalue weighted by atomic mass is 15.1. The van der Waals surface area contributed by atoms with Crippen molar-refractivity contribution >= 4 is 87.2 Å². The zero-order chi connectivity index (χ0) is 45.2. The van der Waals surface area contributed by atoms with E-state index in [2.05, 4.69) is 217 Å². The van der Waals surface area contributed by atoms with Gasteiger partial charge in [-0.05, 0) is 86.6 Å². The van der Waals surface area contributed by atoms with E-state index in [4.69, 9.17) is 9.97 Å². The SMILES string of the molecule is Cc1nc(C)nc(-c2cc(-n3c4ccccc4c4ccc(-n5c6ccccc6c6ccccc65)cc43)c(C#N)cc2-n2c3ccccc3c3ccc(-n4c5ccccc5c5ccccc54)cc32)n1. The predicted octanol–water partition coefficient (Wildman–Crippen LogP) is 14.4. The molecule has 5 aromatic heterocycles. The maximum absolute atomic E-state index is 11.5. The van der Waals surface area contributed by atoms with E-state index >= 15 is 0 Å². The number of aryl methyl sites for hydroxylation is 2. The summed E-state index contributed by atoms with van der Waals surface area (Å²) in [5.41, 5.74) is 13.4. The average Bonchev–Trinajstić information content (AvgIpc) is 4.10. The number of hydrogen-bond donors (Lipinski definition) is 0. The summed E-state index contributed by atoms with van der Waals surface area (Å²) in [5, 5.41) is 20.6. The van der Waals surface area contributed by atoms with Gasteiger partial charge < -0.3 is 18.3 Å². The molecule has 14 aromatic rings. The van der Waals surface area contributed by atoms with Gasteiger partial charge in [0.2, 0.25) is 0 Å². The lowest BCUT2D eigenvalue weighted by atomic mass is 10.0. The molecule has 0 fully saturated rings. The minimum atomic E-state index is 0.514. The Hall–Kier alpha value is -9.32. The second-order valence-corrected chi connectivity index (χ2v) is 17.6. The van der Waals surface area contributed by atoms with Crippen molar-refractivity contribution in [2.45, 2.75) is 13.8 Å². The van der Waals surface area contributed by atoms with E-state index in [1.54, 1.807) is 0 Å². The van der Waals surface area contributed by atoms with E-state index in [-0.39, 0.29) is 0 Å². The molecule has 0 amide bonds. The Morgan fingerprint density at radius 1 is 0.338 bits per heavy atom. The highest BCUT2D eigenvalue weighted by Gasteiger charge is 2.25. The topological polar surface area (TPSA) is 82.2 Å². The Kier molecular flexibility index (Phi) is 8.01. The molecule has 0 aliphatic heterocycles. The number of rotatable bonds is 5. The number of aromatic nitrogens is 7. The molecule has 14 rings (SSSR count). The standard InChI is InChI=1S/C60H38N8/c1-36-62-37(2)64-60(63-36)49-34-56(67-54-25-13-7-19-45(54)47-29-27-39(32-58(47)67)65-50-21-9-3-15-41(50)42-16-4-10-22-51(42)65)38(35-61)31-57(49)68-55-26-14-8-20-46(55)48-30-28-40(33-59(48)68)66-52-23-11-5-17-43(52)44-18-6-12-24-53(44)66/h3-34H,1-2H3. The fraction of sp³-hybridized carbons (Fsp3) is 0.0333. The van der Waals surface area contributed by atoms with Gasteiger partial charge in [-0.25, -0.2) is 15.0 Å². The van der Waals surface area contributed by atoms with Crippen LogP contribution in [0.2, 0.25) is 0 Å². The monoisotopic (exact) mass is 870 g/mol. The van der Waals surface area contributed by atoms with Crippen LogP contribution in [0.15, 0.2) is 194 Å². The van der Waals surface area contributed by atoms with Crippen molar-refractivity contribution in [2.75, 3.05) is 0 Å². The first-order valence-electron chi connectivity index (χ1n) is 22.8. The van der Waals surface area contributed by atoms with Crippen LogP contribution in [0.4, 0.5) is 0 Å². The van der Waals surface area contributed by atoms with Crippen LogP contribution in [-0.4, -0.2) is 33.2 Å². The van der Waals surface area contributed by atoms with E-state index in [1.165, 1.54) is 21.5 Å². The van der Waals surface area contributed by atoms with Crippen LogP contribution in [0.25, 0.3) is 121 Å². The van der Waals surface area contributed by atoms with E-state index in [1.807, 2.05) is 19.9 Å². The molecule has 0 atom stereocenters. The van der Waals surface area contributed by atoms with Crippen LogP contribution >= 0.6 is 0 Å². The molecular formula is C60H38N8. The summed E-state index contributed by atoms with van der Waals surface area (Å²) >= 11 is 0. The summed E-state index contributed by atoms with van der Waals surface area (Å²) in [6, 6.07) is 71.6. The number of fused-ring (bicyclic) bond motifs is 12. The lowest BCUT2D eigenvalue weighted by Gasteiger charge is -2.19. The van der Waals surface area contributed by atoms with Gasteiger partial charge in [0.15, 0.2) is 5.82 Å². The number of benzene rings is 9. The summed E-state index contributed by atoms with van der Waals surface area (Å²) in [5.74, 6) is 1.77. The minimum Gasteiger partial charge on any atom is -0.309 e. The van der Waals surface area contributed by atoms with Crippen LogP contribution in [0.3, 0.4) is 0 Å². The Labute approximate surface area is 389 Å². The van der Waals surface area contributed by atoms with Crippen LogP contribution in [0.5, 0.6) is 0 Å². The van der Waals surface area contributed by atoms with E-state index in [0.717, 1.165) is 94.0 Å². The summed E-state index contributed by atoms with van der Waals surface area (Å²) in [4.78, 5) is 14.7. The van der Waals surface area contributed by atoms with Crippen LogP contribution in [-0.2, 0) is 0 Å². The van der Waals surface area contributed by atoms with E-state index in [0.29, 0.717) is 23.0 Å². The van der Waals surface area contributed by atoms with Gasteiger partial charge in [0.1, 0.15) is 17.7 Å². The van der Waals surface area contributed by atoms with Gasteiger partial charge in [0, 0.05) is 60.0 Å². The number of para-hydroxylation sites is 6. The molecule has 0 saturated heterocycles. The average molecular weight is 871 g/mol. The third kappa shape index (κ3) is 5.38. The highest BCUT2D eigenvalue weighted by Crippen LogP contribution is 2.42. The molecule has 8 heteroatoms. The summed E-state index contributed by atoms with van der Waals surface area (Å²) in [6.07, 6.45) is 0. The predicted molar refractivity (Wildman–Crippen MR) is 277 cm³/mol. The summed E-state index contributed by atoms with van der Waals surface area (Å²) in [7, 11) is 0. The molecule has 0 bridgehead atoms. The quantitative estimate of drug-likeness (QED) is 0.172. The van der Waals surface area contributed by atoms with Crippen molar-refractivity contribution in [2.24, 2.45) is 0 Å². The number of nitrogens with zero attached hydrogens (tertiary/aromatic N) is 8. The minimum absolute atomic E-state index is 0.514. The van der Waals surface area contributed by atoms with Gasteiger partial charge in [-0.2, -0.15) is 5.26 Å². The highest BCUT2D eigenvalue weighted by molar-refractivity contribution is 6.14. The van der Waals surface area contributed by atoms with Crippen LogP contribution in [0.1, 0.15) is 17.2 Å². The molecular weight excluding hydrogens is 833 g/mol. The zero-order valence-electron chi connectivity index (χ0n) is 37.1. The van der Waals surface area contributed by atoms with Gasteiger partial charge in [-0.15, -0.1) is 0 Å². The maximum atomic E-state index is 11.5. The van der Waals surface area contributed by atoms with E-state index in [9.17, 15) is 5.26 Å². The van der Waals surface area contributed by atoms with Crippen LogP contribution in [0, 0.1) is 25.2 Å². The van der Waals surface area contributed by atoms with Gasteiger partial charge in [0.25, 0.3) is 0 Å². The van der Waals surface area contributed by atoms with Gasteiger partial charge in [-0.3, -0.25) is 0 Å². The number of nitriles is 1. The van der Waals surface area contributed by atoms with E-state index < -0.39 is 0 Å². The third-order valence-electron chi connectivity index (χ3n) is 13.8. The molecule has 8 nitrogen and oxygen atoms in total. The first-order valence-corrected chi connectivity index (χ1v) is 22.8. The molecule has 0 unspecified atom stereocenters. The Morgan fingerprint density at radius 3 is 1.06 bits per heavy atom. The first-order chi connectivity index (χ1) is 33.5. The molecule has 0 aliphatic carbocycles. The molecule has 0 spiro atoms. The smallest absolute Gasteiger partial charge is 0.165 e. The number of hydrogen-bond acceptors (Lipinski definition) is 4. The van der Waals surface area contributed by atoms with Crippen molar-refractivity contribution in [1.29, 1.82) is 5.26 Å². The van der Waals surface area contributed by atoms with Crippen molar-refractivity contribution < 1.29 is 0 Å². The normalized spacial score (nSPS) is 12.0. The fourth-order valence-corrected chi connectivity index (χ4v) is 11.1. The molecule has 68 heavy (non-hydrogen) atoms. The summed E-state index contributed by atoms with van der Waals surface area (Å²) in [6.45, 7) is 3.81. The molecule has 0 radical (unpaired) electrons. The zero-order valence-corrected chi connectivity index (χ0v) is 37.1. The van der Waals surface area contributed by atoms with Crippen molar-refractivity contribution in [1.82, 2.24) is 33.2 Å². The van der Waals surface area contributed by atoms with Crippen molar-refractivity contribution in [3.63, 3.8) is 0 Å². The second-order valence-electron chi connectivity index (χ2n) is 17.6. The maximum Gasteiger partial charge on any atom is 0.165 e.